The number of aliphatic hydroxyl groups is 1. The van der Waals surface area contributed by atoms with Gasteiger partial charge in [-0.05, 0) is 43.9 Å². The van der Waals surface area contributed by atoms with Gasteiger partial charge in [0.1, 0.15) is 5.82 Å². The molecule has 2 aliphatic rings. The van der Waals surface area contributed by atoms with E-state index in [0.29, 0.717) is 22.9 Å². The molecule has 1 aromatic rings. The average molecular weight is 384 g/mol. The van der Waals surface area contributed by atoms with E-state index in [1.54, 1.807) is 24.0 Å². The van der Waals surface area contributed by atoms with Crippen LogP contribution in [0.1, 0.15) is 49.4 Å². The summed E-state index contributed by atoms with van der Waals surface area (Å²) in [5, 5.41) is 14.5. The first-order chi connectivity index (χ1) is 12.0. The third-order valence-corrected chi connectivity index (χ3v) is 6.80. The Labute approximate surface area is 158 Å². The number of nitrogens with zero attached hydrogens (tertiary/aromatic N) is 2. The van der Waals surface area contributed by atoms with E-state index in [2.05, 4.69) is 17.2 Å². The number of hydrogen-bond donors (Lipinski definition) is 2. The minimum atomic E-state index is -0.700. The highest BCUT2D eigenvalue weighted by Crippen LogP contribution is 2.41. The molecule has 0 aromatic carbocycles. The molecule has 3 rings (SSSR count). The third kappa shape index (κ3) is 4.23. The molecule has 1 saturated heterocycles. The van der Waals surface area contributed by atoms with Crippen LogP contribution in [-0.4, -0.2) is 57.1 Å². The number of anilines is 1. The van der Waals surface area contributed by atoms with E-state index in [9.17, 15) is 9.90 Å². The Kier molecular flexibility index (Phi) is 6.12. The molecule has 1 saturated carbocycles. The van der Waals surface area contributed by atoms with Crippen molar-refractivity contribution < 1.29 is 9.90 Å². The van der Waals surface area contributed by atoms with Crippen LogP contribution in [0.2, 0.25) is 5.02 Å². The van der Waals surface area contributed by atoms with Crippen LogP contribution in [0.4, 0.5) is 5.82 Å². The average Bonchev–Trinajstić information content (AvgIpc) is 2.64. The van der Waals surface area contributed by atoms with Gasteiger partial charge in [-0.1, -0.05) is 18.5 Å². The Morgan fingerprint density at radius 1 is 1.48 bits per heavy atom. The Morgan fingerprint density at radius 3 is 2.84 bits per heavy atom. The van der Waals surface area contributed by atoms with Crippen LogP contribution in [0.15, 0.2) is 12.3 Å². The number of nitrogens with one attached hydrogen (secondary N) is 1. The van der Waals surface area contributed by atoms with E-state index in [-0.39, 0.29) is 11.2 Å². The van der Waals surface area contributed by atoms with Gasteiger partial charge in [0.05, 0.1) is 16.2 Å². The molecular formula is C18H26ClN3O2S. The Bertz CT molecular complexity index is 624. The van der Waals surface area contributed by atoms with Crippen LogP contribution in [0, 0.1) is 0 Å². The van der Waals surface area contributed by atoms with E-state index in [4.69, 9.17) is 11.6 Å². The summed E-state index contributed by atoms with van der Waals surface area (Å²) in [5.41, 5.74) is -0.173. The SMILES string of the molecule is CCSC1CCC1(O)CNc1ncc(C(=O)N2CCCCC2)cc1Cl. The van der Waals surface area contributed by atoms with E-state index in [0.717, 1.165) is 44.5 Å². The Morgan fingerprint density at radius 2 is 2.24 bits per heavy atom. The molecule has 0 spiro atoms. The van der Waals surface area contributed by atoms with E-state index in [1.807, 2.05) is 4.90 Å². The number of carbonyl (C=O) groups is 1. The highest BCUT2D eigenvalue weighted by atomic mass is 35.5. The Balaban J connectivity index is 1.61. The molecular weight excluding hydrogens is 358 g/mol. The van der Waals surface area contributed by atoms with Gasteiger partial charge in [-0.3, -0.25) is 4.79 Å². The van der Waals surface area contributed by atoms with Gasteiger partial charge in [-0.2, -0.15) is 11.8 Å². The van der Waals surface area contributed by atoms with Crippen molar-refractivity contribution in [3.05, 3.63) is 22.8 Å². The Hall–Kier alpha value is -0.980. The molecule has 1 amide bonds. The second-order valence-corrected chi connectivity index (χ2v) is 8.73. The van der Waals surface area contributed by atoms with Crippen molar-refractivity contribution in [2.24, 2.45) is 0 Å². The van der Waals surface area contributed by atoms with Gasteiger partial charge in [-0.25, -0.2) is 4.98 Å². The molecule has 2 atom stereocenters. The molecule has 1 aliphatic carbocycles. The first-order valence-corrected chi connectivity index (χ1v) is 10.5. The fourth-order valence-corrected chi connectivity index (χ4v) is 4.87. The first-order valence-electron chi connectivity index (χ1n) is 9.06. The highest BCUT2D eigenvalue weighted by molar-refractivity contribution is 8.00. The summed E-state index contributed by atoms with van der Waals surface area (Å²) < 4.78 is 0. The maximum Gasteiger partial charge on any atom is 0.255 e. The van der Waals surface area contributed by atoms with Crippen LogP contribution in [0.25, 0.3) is 0 Å². The van der Waals surface area contributed by atoms with Crippen molar-refractivity contribution in [3.63, 3.8) is 0 Å². The number of hydrogen-bond acceptors (Lipinski definition) is 5. The van der Waals surface area contributed by atoms with Gasteiger partial charge < -0.3 is 15.3 Å². The molecule has 2 fully saturated rings. The number of likely N-dealkylation sites (tertiary alicyclic amines) is 1. The summed E-state index contributed by atoms with van der Waals surface area (Å²) in [6, 6.07) is 1.68. The molecule has 7 heteroatoms. The summed E-state index contributed by atoms with van der Waals surface area (Å²) >= 11 is 8.11. The van der Waals surface area contributed by atoms with E-state index < -0.39 is 5.60 Å². The van der Waals surface area contributed by atoms with Crippen LogP contribution < -0.4 is 5.32 Å². The van der Waals surface area contributed by atoms with Crippen molar-refractivity contribution in [3.8, 4) is 0 Å². The molecule has 0 radical (unpaired) electrons. The van der Waals surface area contributed by atoms with Crippen LogP contribution in [0.5, 0.6) is 0 Å². The fourth-order valence-electron chi connectivity index (χ4n) is 3.44. The zero-order chi connectivity index (χ0) is 17.9. The maximum atomic E-state index is 12.5. The second kappa shape index (κ2) is 8.14. The van der Waals surface area contributed by atoms with Gasteiger partial charge in [0, 0.05) is 31.1 Å². The van der Waals surface area contributed by atoms with Gasteiger partial charge in [-0.15, -0.1) is 0 Å². The predicted molar refractivity (Wildman–Crippen MR) is 104 cm³/mol. The lowest BCUT2D eigenvalue weighted by Crippen LogP contribution is -2.54. The lowest BCUT2D eigenvalue weighted by molar-refractivity contribution is -0.0120. The normalized spacial score (nSPS) is 26.2. The third-order valence-electron chi connectivity index (χ3n) is 5.10. The van der Waals surface area contributed by atoms with Crippen molar-refractivity contribution in [1.82, 2.24) is 9.88 Å². The van der Waals surface area contributed by atoms with Gasteiger partial charge >= 0.3 is 0 Å². The van der Waals surface area contributed by atoms with Gasteiger partial charge in [0.15, 0.2) is 0 Å². The van der Waals surface area contributed by atoms with Crippen LogP contribution in [-0.2, 0) is 0 Å². The molecule has 2 unspecified atom stereocenters. The number of amides is 1. The van der Waals surface area contributed by atoms with Crippen molar-refractivity contribution in [1.29, 1.82) is 0 Å². The molecule has 1 aliphatic heterocycles. The lowest BCUT2D eigenvalue weighted by atomic mass is 9.79. The van der Waals surface area contributed by atoms with Crippen LogP contribution >= 0.6 is 23.4 Å². The van der Waals surface area contributed by atoms with Crippen molar-refractivity contribution in [2.75, 3.05) is 30.7 Å². The molecule has 2 heterocycles. The number of thioether (sulfide) groups is 1. The van der Waals surface area contributed by atoms with Gasteiger partial charge in [0.2, 0.25) is 0 Å². The minimum absolute atomic E-state index is 0.00215. The molecule has 1 aromatic heterocycles. The molecule has 25 heavy (non-hydrogen) atoms. The minimum Gasteiger partial charge on any atom is -0.387 e. The summed E-state index contributed by atoms with van der Waals surface area (Å²) in [5.74, 6) is 1.52. The summed E-state index contributed by atoms with van der Waals surface area (Å²) in [4.78, 5) is 18.7. The topological polar surface area (TPSA) is 65.5 Å². The zero-order valence-corrected chi connectivity index (χ0v) is 16.2. The second-order valence-electron chi connectivity index (χ2n) is 6.85. The van der Waals surface area contributed by atoms with E-state index in [1.165, 1.54) is 6.42 Å². The molecule has 0 bridgehead atoms. The number of piperidine rings is 1. The fraction of sp³-hybridized carbons (Fsp3) is 0.667. The first kappa shape index (κ1) is 18.8. The summed E-state index contributed by atoms with van der Waals surface area (Å²) in [6.07, 6.45) is 6.71. The number of aromatic nitrogens is 1. The summed E-state index contributed by atoms with van der Waals surface area (Å²) in [7, 11) is 0. The van der Waals surface area contributed by atoms with Gasteiger partial charge in [0.25, 0.3) is 5.91 Å². The largest absolute Gasteiger partial charge is 0.387 e. The molecule has 5 nitrogen and oxygen atoms in total. The standard InChI is InChI=1S/C18H26ClN3O2S/c1-2-25-15-6-7-18(15,24)12-21-16-14(19)10-13(11-20-16)17(23)22-8-4-3-5-9-22/h10-11,15,24H,2-9,12H2,1H3,(H,20,21). The zero-order valence-electron chi connectivity index (χ0n) is 14.6. The van der Waals surface area contributed by atoms with Crippen LogP contribution in [0.3, 0.4) is 0 Å². The number of carbonyl (C=O) groups excluding carboxylic acids is 1. The maximum absolute atomic E-state index is 12.5. The monoisotopic (exact) mass is 383 g/mol. The quantitative estimate of drug-likeness (QED) is 0.787. The smallest absolute Gasteiger partial charge is 0.255 e. The summed E-state index contributed by atoms with van der Waals surface area (Å²) in [6.45, 7) is 4.14. The predicted octanol–water partition coefficient (Wildman–Crippen LogP) is 3.42. The molecule has 138 valence electrons. The number of rotatable bonds is 6. The highest BCUT2D eigenvalue weighted by Gasteiger charge is 2.45. The number of halogens is 1. The lowest BCUT2D eigenvalue weighted by Gasteiger charge is -2.45. The van der Waals surface area contributed by atoms with Crippen molar-refractivity contribution >= 4 is 35.1 Å². The number of pyridine rings is 1. The van der Waals surface area contributed by atoms with E-state index >= 15 is 0 Å². The molecule has 2 N–H and O–H groups in total. The van der Waals surface area contributed by atoms with Crippen molar-refractivity contribution in [2.45, 2.75) is 49.9 Å².